The van der Waals surface area contributed by atoms with Crippen molar-refractivity contribution in [3.05, 3.63) is 0 Å². The number of nitrogens with two attached hydrogens (primary N) is 4. The highest BCUT2D eigenvalue weighted by Crippen LogP contribution is 2.04. The summed E-state index contributed by atoms with van der Waals surface area (Å²) in [5.41, 5.74) is 21.6. The number of unbranched alkanes of at least 4 members (excludes halogenated alkanes) is 1. The normalized spacial score (nSPS) is 14.7. The Kier molecular flexibility index (Phi) is 16.2. The topological polar surface area (TPSA) is 290 Å². The molecule has 0 aromatic rings. The minimum Gasteiger partial charge on any atom is -0.480 e. The van der Waals surface area contributed by atoms with Crippen LogP contribution in [0.5, 0.6) is 0 Å². The summed E-state index contributed by atoms with van der Waals surface area (Å²) < 4.78 is 0. The van der Waals surface area contributed by atoms with Crippen molar-refractivity contribution in [2.75, 3.05) is 19.7 Å². The molecule has 16 heteroatoms. The molecule has 212 valence electrons. The monoisotopic (exact) mass is 531 g/mol. The number of aliphatic imine (C=N–C) groups is 1. The number of carbonyl (C=O) groups is 5. The highest BCUT2D eigenvalue weighted by molar-refractivity contribution is 5.95. The molecule has 5 atom stereocenters. The fraction of sp³-hybridized carbons (Fsp3) is 0.714. The molecule has 0 aromatic heterocycles. The SMILES string of the molecule is C[C@H](N)C(=O)N[C@@H](CCCCN)C(=O)N[C@@H](CO)C(=O)N[C@@H](CCCN=C(N)N)C(=O)N[C@@H](C)C(=O)O. The number of rotatable bonds is 18. The Morgan fingerprint density at radius 1 is 0.784 bits per heavy atom. The number of aliphatic hydroxyl groups is 1. The highest BCUT2D eigenvalue weighted by atomic mass is 16.4. The quantitative estimate of drug-likeness (QED) is 0.0457. The van der Waals surface area contributed by atoms with Gasteiger partial charge in [0.15, 0.2) is 5.96 Å². The van der Waals surface area contributed by atoms with Gasteiger partial charge in [0.1, 0.15) is 24.2 Å². The molecule has 14 N–H and O–H groups in total. The molecule has 16 nitrogen and oxygen atoms in total. The first-order valence-electron chi connectivity index (χ1n) is 11.9. The predicted molar refractivity (Wildman–Crippen MR) is 135 cm³/mol. The number of hydrogen-bond acceptors (Lipinski definition) is 9. The van der Waals surface area contributed by atoms with Crippen molar-refractivity contribution in [2.24, 2.45) is 27.9 Å². The lowest BCUT2D eigenvalue weighted by Crippen LogP contribution is -2.59. The fourth-order valence-corrected chi connectivity index (χ4v) is 2.95. The number of amides is 4. The van der Waals surface area contributed by atoms with Crippen molar-refractivity contribution >= 4 is 35.6 Å². The highest BCUT2D eigenvalue weighted by Gasteiger charge is 2.30. The molecule has 0 aliphatic rings. The first-order valence-corrected chi connectivity index (χ1v) is 11.9. The van der Waals surface area contributed by atoms with E-state index in [2.05, 4.69) is 26.3 Å². The van der Waals surface area contributed by atoms with Gasteiger partial charge in [-0.2, -0.15) is 0 Å². The number of hydrogen-bond donors (Lipinski definition) is 10. The van der Waals surface area contributed by atoms with Crippen LogP contribution >= 0.6 is 0 Å². The molecule has 0 saturated heterocycles. The molecule has 0 aromatic carbocycles. The first-order chi connectivity index (χ1) is 17.3. The first kappa shape index (κ1) is 33.5. The van der Waals surface area contributed by atoms with Gasteiger partial charge >= 0.3 is 5.97 Å². The number of carboxylic acids is 1. The van der Waals surface area contributed by atoms with Gasteiger partial charge in [-0.15, -0.1) is 0 Å². The lowest BCUT2D eigenvalue weighted by atomic mass is 10.1. The van der Waals surface area contributed by atoms with E-state index < -0.39 is 66.4 Å². The molecular weight excluding hydrogens is 490 g/mol. The second-order valence-electron chi connectivity index (χ2n) is 8.46. The Morgan fingerprint density at radius 3 is 1.76 bits per heavy atom. The van der Waals surface area contributed by atoms with Crippen molar-refractivity contribution < 1.29 is 34.2 Å². The average Bonchev–Trinajstić information content (AvgIpc) is 2.82. The Hall–Kier alpha value is -3.50. The van der Waals surface area contributed by atoms with Gasteiger partial charge in [0, 0.05) is 6.54 Å². The van der Waals surface area contributed by atoms with Gasteiger partial charge in [-0.3, -0.25) is 29.0 Å². The summed E-state index contributed by atoms with van der Waals surface area (Å²) in [7, 11) is 0. The van der Waals surface area contributed by atoms with E-state index >= 15 is 0 Å². The largest absolute Gasteiger partial charge is 0.480 e. The lowest BCUT2D eigenvalue weighted by Gasteiger charge is -2.25. The van der Waals surface area contributed by atoms with Gasteiger partial charge in [-0.05, 0) is 52.5 Å². The Balaban J connectivity index is 5.47. The van der Waals surface area contributed by atoms with E-state index in [1.165, 1.54) is 13.8 Å². The fourth-order valence-electron chi connectivity index (χ4n) is 2.95. The molecule has 0 aliphatic heterocycles. The van der Waals surface area contributed by atoms with Crippen molar-refractivity contribution in [2.45, 2.75) is 76.2 Å². The van der Waals surface area contributed by atoms with Crippen LogP contribution in [0.15, 0.2) is 4.99 Å². The van der Waals surface area contributed by atoms with E-state index in [-0.39, 0.29) is 31.8 Å². The van der Waals surface area contributed by atoms with Crippen LogP contribution in [-0.4, -0.2) is 95.7 Å². The maximum Gasteiger partial charge on any atom is 0.325 e. The van der Waals surface area contributed by atoms with E-state index in [4.69, 9.17) is 28.0 Å². The molecule has 0 heterocycles. The van der Waals surface area contributed by atoms with Gasteiger partial charge in [-0.1, -0.05) is 0 Å². The zero-order chi connectivity index (χ0) is 28.5. The Labute approximate surface area is 215 Å². The van der Waals surface area contributed by atoms with E-state index in [1.54, 1.807) is 0 Å². The molecule has 0 rings (SSSR count). The van der Waals surface area contributed by atoms with E-state index in [0.717, 1.165) is 0 Å². The standard InChI is InChI=1S/C21H41N9O7/c1-11(23)16(32)28-13(6-3-4-8-22)18(34)30-15(10-31)19(35)29-14(7-5-9-26-21(24)25)17(33)27-12(2)20(36)37/h11-15,31H,3-10,22-23H2,1-2H3,(H,27,33)(H,28,32)(H,29,35)(H,30,34)(H,36,37)(H4,24,25,26)/t11-,12-,13-,14-,15-/m0/s1. The summed E-state index contributed by atoms with van der Waals surface area (Å²) in [6, 6.07) is -5.84. The smallest absolute Gasteiger partial charge is 0.325 e. The molecule has 37 heavy (non-hydrogen) atoms. The van der Waals surface area contributed by atoms with E-state index in [0.29, 0.717) is 19.4 Å². The van der Waals surface area contributed by atoms with Gasteiger partial charge in [-0.25, -0.2) is 0 Å². The minimum atomic E-state index is -1.47. The summed E-state index contributed by atoms with van der Waals surface area (Å²) in [5.74, 6) is -4.46. The van der Waals surface area contributed by atoms with Crippen LogP contribution in [0, 0.1) is 0 Å². The van der Waals surface area contributed by atoms with Crippen LogP contribution in [0.25, 0.3) is 0 Å². The molecule has 0 aliphatic carbocycles. The van der Waals surface area contributed by atoms with Crippen molar-refractivity contribution in [1.82, 2.24) is 21.3 Å². The average molecular weight is 532 g/mol. The van der Waals surface area contributed by atoms with Gasteiger partial charge in [0.25, 0.3) is 0 Å². The summed E-state index contributed by atoms with van der Waals surface area (Å²) in [6.07, 6.45) is 1.58. The zero-order valence-electron chi connectivity index (χ0n) is 21.2. The third kappa shape index (κ3) is 14.0. The molecule has 0 fully saturated rings. The Bertz CT molecular complexity index is 803. The summed E-state index contributed by atoms with van der Waals surface area (Å²) in [5, 5.41) is 28.3. The summed E-state index contributed by atoms with van der Waals surface area (Å²) in [6.45, 7) is 2.39. The number of nitrogens with one attached hydrogen (secondary N) is 4. The third-order valence-corrected chi connectivity index (χ3v) is 5.12. The van der Waals surface area contributed by atoms with Crippen LogP contribution in [0.4, 0.5) is 0 Å². The van der Waals surface area contributed by atoms with Crippen molar-refractivity contribution in [3.63, 3.8) is 0 Å². The van der Waals surface area contributed by atoms with Crippen LogP contribution in [0.3, 0.4) is 0 Å². The number of carboxylic acid groups (broad SMARTS) is 1. The van der Waals surface area contributed by atoms with Gasteiger partial charge in [0.2, 0.25) is 23.6 Å². The minimum absolute atomic E-state index is 0.0267. The third-order valence-electron chi connectivity index (χ3n) is 5.12. The summed E-state index contributed by atoms with van der Waals surface area (Å²) in [4.78, 5) is 65.1. The number of aliphatic carboxylic acids is 1. The summed E-state index contributed by atoms with van der Waals surface area (Å²) >= 11 is 0. The van der Waals surface area contributed by atoms with E-state index in [1.807, 2.05) is 0 Å². The maximum absolute atomic E-state index is 12.8. The molecular formula is C21H41N9O7. The number of nitrogens with zero attached hydrogens (tertiary/aromatic N) is 1. The molecule has 0 unspecified atom stereocenters. The molecule has 4 amide bonds. The lowest BCUT2D eigenvalue weighted by molar-refractivity contribution is -0.141. The second-order valence-corrected chi connectivity index (χ2v) is 8.46. The molecule has 0 bridgehead atoms. The predicted octanol–water partition coefficient (Wildman–Crippen LogP) is -4.45. The van der Waals surface area contributed by atoms with Crippen LogP contribution in [0.2, 0.25) is 0 Å². The van der Waals surface area contributed by atoms with Crippen LogP contribution in [-0.2, 0) is 24.0 Å². The molecule has 0 saturated carbocycles. The molecule has 0 spiro atoms. The number of aliphatic hydroxyl groups excluding tert-OH is 1. The van der Waals surface area contributed by atoms with E-state index in [9.17, 15) is 29.1 Å². The van der Waals surface area contributed by atoms with Crippen LogP contribution < -0.4 is 44.2 Å². The van der Waals surface area contributed by atoms with Crippen LogP contribution in [0.1, 0.15) is 46.0 Å². The number of carbonyl (C=O) groups excluding carboxylic acids is 4. The second kappa shape index (κ2) is 17.9. The van der Waals surface area contributed by atoms with Crippen molar-refractivity contribution in [1.29, 1.82) is 0 Å². The maximum atomic E-state index is 12.8. The Morgan fingerprint density at radius 2 is 1.27 bits per heavy atom. The zero-order valence-corrected chi connectivity index (χ0v) is 21.2. The van der Waals surface area contributed by atoms with Crippen molar-refractivity contribution in [3.8, 4) is 0 Å². The van der Waals surface area contributed by atoms with Gasteiger partial charge in [0.05, 0.1) is 12.6 Å². The molecule has 0 radical (unpaired) electrons. The van der Waals surface area contributed by atoms with Gasteiger partial charge < -0.3 is 54.4 Å². The number of guanidine groups is 1.